The predicted molar refractivity (Wildman–Crippen MR) is 55.7 cm³/mol. The highest BCUT2D eigenvalue weighted by atomic mass is 19.4. The SMILES string of the molecule is CCN(CC(F)(F)F)c1c(F)cc(C=O)cc1F. The van der Waals surface area contributed by atoms with Crippen LogP contribution in [-0.2, 0) is 0 Å². The summed E-state index contributed by atoms with van der Waals surface area (Å²) in [5, 5.41) is 0. The third-order valence-electron chi connectivity index (χ3n) is 2.24. The van der Waals surface area contributed by atoms with Gasteiger partial charge in [0.05, 0.1) is 0 Å². The van der Waals surface area contributed by atoms with Gasteiger partial charge in [-0.15, -0.1) is 0 Å². The van der Waals surface area contributed by atoms with Gasteiger partial charge in [0.25, 0.3) is 0 Å². The number of alkyl halides is 3. The van der Waals surface area contributed by atoms with Crippen molar-refractivity contribution in [3.8, 4) is 0 Å². The number of anilines is 1. The molecule has 0 aliphatic rings. The van der Waals surface area contributed by atoms with Crippen LogP contribution in [0.5, 0.6) is 0 Å². The van der Waals surface area contributed by atoms with E-state index >= 15 is 0 Å². The summed E-state index contributed by atoms with van der Waals surface area (Å²) in [5.41, 5.74) is -1.04. The first-order valence-corrected chi connectivity index (χ1v) is 5.04. The molecule has 0 saturated heterocycles. The van der Waals surface area contributed by atoms with Gasteiger partial charge in [-0.1, -0.05) is 0 Å². The van der Waals surface area contributed by atoms with E-state index in [-0.39, 0.29) is 18.4 Å². The summed E-state index contributed by atoms with van der Waals surface area (Å²) in [6.45, 7) is -0.330. The third-order valence-corrected chi connectivity index (χ3v) is 2.24. The van der Waals surface area contributed by atoms with Crippen LogP contribution in [0.25, 0.3) is 0 Å². The third kappa shape index (κ3) is 3.41. The Morgan fingerprint density at radius 2 is 1.72 bits per heavy atom. The minimum atomic E-state index is -4.57. The summed E-state index contributed by atoms with van der Waals surface area (Å²) >= 11 is 0. The van der Waals surface area contributed by atoms with Crippen LogP contribution in [0.1, 0.15) is 17.3 Å². The molecule has 0 aliphatic heterocycles. The van der Waals surface area contributed by atoms with Gasteiger partial charge in [0, 0.05) is 12.1 Å². The molecule has 7 heteroatoms. The van der Waals surface area contributed by atoms with Gasteiger partial charge < -0.3 is 4.90 Å². The Kier molecular flexibility index (Phi) is 4.26. The molecule has 18 heavy (non-hydrogen) atoms. The van der Waals surface area contributed by atoms with Crippen LogP contribution in [-0.4, -0.2) is 25.6 Å². The van der Waals surface area contributed by atoms with Gasteiger partial charge in [0.1, 0.15) is 30.2 Å². The molecular weight excluding hydrogens is 257 g/mol. The Hall–Kier alpha value is -1.66. The Morgan fingerprint density at radius 3 is 2.06 bits per heavy atom. The smallest absolute Gasteiger partial charge is 0.358 e. The van der Waals surface area contributed by atoms with Crippen molar-refractivity contribution >= 4 is 12.0 Å². The zero-order valence-electron chi connectivity index (χ0n) is 9.39. The fraction of sp³-hybridized carbons (Fsp3) is 0.364. The van der Waals surface area contributed by atoms with Gasteiger partial charge >= 0.3 is 6.18 Å². The maximum atomic E-state index is 13.5. The van der Waals surface area contributed by atoms with E-state index < -0.39 is 30.0 Å². The van der Waals surface area contributed by atoms with E-state index in [4.69, 9.17) is 0 Å². The number of rotatable bonds is 4. The molecule has 0 radical (unpaired) electrons. The molecule has 1 aromatic carbocycles. The minimum absolute atomic E-state index is 0.214. The molecule has 0 saturated carbocycles. The van der Waals surface area contributed by atoms with E-state index in [1.54, 1.807) is 0 Å². The first-order chi connectivity index (χ1) is 8.28. The Morgan fingerprint density at radius 1 is 1.22 bits per heavy atom. The van der Waals surface area contributed by atoms with Crippen molar-refractivity contribution in [3.05, 3.63) is 29.3 Å². The molecular formula is C11H10F5NO. The van der Waals surface area contributed by atoms with E-state index in [2.05, 4.69) is 0 Å². The molecule has 0 heterocycles. The van der Waals surface area contributed by atoms with Gasteiger partial charge in [-0.05, 0) is 19.1 Å². The van der Waals surface area contributed by atoms with Crippen molar-refractivity contribution in [1.29, 1.82) is 0 Å². The molecule has 100 valence electrons. The zero-order chi connectivity index (χ0) is 13.9. The number of carbonyl (C=O) groups is 1. The maximum absolute atomic E-state index is 13.5. The second-order valence-electron chi connectivity index (χ2n) is 3.58. The molecule has 0 N–H and O–H groups in total. The normalized spacial score (nSPS) is 11.4. The van der Waals surface area contributed by atoms with Crippen molar-refractivity contribution in [2.75, 3.05) is 18.0 Å². The summed E-state index contributed by atoms with van der Waals surface area (Å²) in [6, 6.07) is 1.40. The van der Waals surface area contributed by atoms with Crippen molar-refractivity contribution in [3.63, 3.8) is 0 Å². The van der Waals surface area contributed by atoms with Gasteiger partial charge in [-0.25, -0.2) is 8.78 Å². The van der Waals surface area contributed by atoms with Gasteiger partial charge in [0.15, 0.2) is 0 Å². The largest absolute Gasteiger partial charge is 0.405 e. The van der Waals surface area contributed by atoms with E-state index in [0.717, 1.165) is 0 Å². The number of benzene rings is 1. The monoisotopic (exact) mass is 267 g/mol. The van der Waals surface area contributed by atoms with Crippen LogP contribution < -0.4 is 4.90 Å². The summed E-state index contributed by atoms with van der Waals surface area (Å²) in [6.07, 6.45) is -4.35. The summed E-state index contributed by atoms with van der Waals surface area (Å²) in [4.78, 5) is 10.9. The van der Waals surface area contributed by atoms with Crippen LogP contribution >= 0.6 is 0 Å². The Labute approximate surface area is 100 Å². The van der Waals surface area contributed by atoms with E-state index in [9.17, 15) is 26.7 Å². The minimum Gasteiger partial charge on any atom is -0.358 e. The van der Waals surface area contributed by atoms with Gasteiger partial charge in [-0.2, -0.15) is 13.2 Å². The van der Waals surface area contributed by atoms with E-state index in [1.165, 1.54) is 6.92 Å². The van der Waals surface area contributed by atoms with Crippen LogP contribution in [0.3, 0.4) is 0 Å². The van der Waals surface area contributed by atoms with Crippen molar-refractivity contribution in [2.24, 2.45) is 0 Å². The topological polar surface area (TPSA) is 20.3 Å². The molecule has 0 aromatic heterocycles. The predicted octanol–water partition coefficient (Wildman–Crippen LogP) is 3.17. The number of carbonyl (C=O) groups excluding carboxylic acids is 1. The molecule has 0 amide bonds. The first-order valence-electron chi connectivity index (χ1n) is 5.04. The van der Waals surface area contributed by atoms with Crippen LogP contribution in [0, 0.1) is 11.6 Å². The lowest BCUT2D eigenvalue weighted by Gasteiger charge is -2.25. The van der Waals surface area contributed by atoms with Crippen LogP contribution in [0.4, 0.5) is 27.6 Å². The number of hydrogen-bond donors (Lipinski definition) is 0. The standard InChI is InChI=1S/C11H10F5NO/c1-2-17(6-11(14,15)16)10-8(12)3-7(5-18)4-9(10)13/h3-5H,2,6H2,1H3. The second-order valence-corrected chi connectivity index (χ2v) is 3.58. The molecule has 1 aromatic rings. The van der Waals surface area contributed by atoms with Crippen molar-refractivity contribution in [1.82, 2.24) is 0 Å². The Balaban J connectivity index is 3.17. The number of hydrogen-bond acceptors (Lipinski definition) is 2. The fourth-order valence-electron chi connectivity index (χ4n) is 1.52. The summed E-state index contributed by atoms with van der Waals surface area (Å²) in [7, 11) is 0. The van der Waals surface area contributed by atoms with Crippen LogP contribution in [0.15, 0.2) is 12.1 Å². The summed E-state index contributed by atoms with van der Waals surface area (Å²) in [5.74, 6) is -2.38. The average molecular weight is 267 g/mol. The molecule has 0 atom stereocenters. The van der Waals surface area contributed by atoms with Gasteiger partial charge in [-0.3, -0.25) is 4.79 Å². The lowest BCUT2D eigenvalue weighted by atomic mass is 10.2. The quantitative estimate of drug-likeness (QED) is 0.617. The second kappa shape index (κ2) is 5.32. The lowest BCUT2D eigenvalue weighted by molar-refractivity contribution is -0.119. The molecule has 0 fully saturated rings. The highest BCUT2D eigenvalue weighted by Crippen LogP contribution is 2.27. The van der Waals surface area contributed by atoms with E-state index in [0.29, 0.717) is 17.0 Å². The highest BCUT2D eigenvalue weighted by Gasteiger charge is 2.32. The maximum Gasteiger partial charge on any atom is 0.405 e. The molecule has 0 unspecified atom stereocenters. The number of aldehydes is 1. The van der Waals surface area contributed by atoms with E-state index in [1.807, 2.05) is 0 Å². The zero-order valence-corrected chi connectivity index (χ0v) is 9.39. The molecule has 1 rings (SSSR count). The lowest BCUT2D eigenvalue weighted by Crippen LogP contribution is -2.35. The first kappa shape index (κ1) is 14.4. The number of nitrogens with zero attached hydrogens (tertiary/aromatic N) is 1. The van der Waals surface area contributed by atoms with Crippen molar-refractivity contribution in [2.45, 2.75) is 13.1 Å². The summed E-state index contributed by atoms with van der Waals surface area (Å²) < 4.78 is 63.7. The number of halogens is 5. The highest BCUT2D eigenvalue weighted by molar-refractivity contribution is 5.76. The average Bonchev–Trinajstić information content (AvgIpc) is 2.24. The van der Waals surface area contributed by atoms with Crippen LogP contribution in [0.2, 0.25) is 0 Å². The fourth-order valence-corrected chi connectivity index (χ4v) is 1.52. The molecule has 0 aliphatic carbocycles. The Bertz CT molecular complexity index is 421. The van der Waals surface area contributed by atoms with Crippen molar-refractivity contribution < 1.29 is 26.7 Å². The molecule has 2 nitrogen and oxygen atoms in total. The van der Waals surface area contributed by atoms with Gasteiger partial charge in [0.2, 0.25) is 0 Å². The molecule has 0 spiro atoms. The molecule has 0 bridgehead atoms.